The van der Waals surface area contributed by atoms with Crippen LogP contribution in [0.15, 0.2) is 42.5 Å². The number of carbonyl (C=O) groups is 3. The van der Waals surface area contributed by atoms with Crippen molar-refractivity contribution in [1.82, 2.24) is 10.6 Å². The monoisotopic (exact) mass is 487 g/mol. The molecule has 0 radical (unpaired) electrons. The molecule has 3 amide bonds. The lowest BCUT2D eigenvalue weighted by Crippen LogP contribution is -2.36. The molecule has 1 heterocycles. The number of aliphatic hydroxyl groups excluding tert-OH is 1. The number of aliphatic hydroxyl groups is 1. The van der Waals surface area contributed by atoms with E-state index in [0.717, 1.165) is 0 Å². The fourth-order valence-corrected chi connectivity index (χ4v) is 3.58. The van der Waals surface area contributed by atoms with E-state index in [4.69, 9.17) is 9.47 Å². The molecule has 2 atom stereocenters. The van der Waals surface area contributed by atoms with Gasteiger partial charge < -0.3 is 25.2 Å². The highest BCUT2D eigenvalue weighted by atomic mass is 19.1. The number of alkyl carbamates (subject to hydrolysis) is 1. The SMILES string of the molecule is CC(=O)NCC1CN(c2ccc(-c3ccc(C(CO)NC(=O)OC(C)(C)C)cc3)c(F)c2)C(=O)O1. The first-order chi connectivity index (χ1) is 16.5. The Morgan fingerprint density at radius 2 is 1.91 bits per heavy atom. The lowest BCUT2D eigenvalue weighted by atomic mass is 10.00. The summed E-state index contributed by atoms with van der Waals surface area (Å²) in [5, 5.41) is 14.9. The zero-order valence-corrected chi connectivity index (χ0v) is 20.1. The minimum atomic E-state index is -0.683. The van der Waals surface area contributed by atoms with Crippen LogP contribution in [0.1, 0.15) is 39.3 Å². The number of nitrogens with zero attached hydrogens (tertiary/aromatic N) is 1. The van der Waals surface area contributed by atoms with Gasteiger partial charge in [-0.05, 0) is 50.1 Å². The molecule has 0 saturated carbocycles. The van der Waals surface area contributed by atoms with Gasteiger partial charge >= 0.3 is 12.2 Å². The van der Waals surface area contributed by atoms with Crippen LogP contribution < -0.4 is 15.5 Å². The van der Waals surface area contributed by atoms with Crippen molar-refractivity contribution < 1.29 is 33.4 Å². The second kappa shape index (κ2) is 10.7. The molecule has 35 heavy (non-hydrogen) atoms. The molecule has 2 aromatic carbocycles. The summed E-state index contributed by atoms with van der Waals surface area (Å²) in [6.45, 7) is 6.64. The smallest absolute Gasteiger partial charge is 0.414 e. The predicted molar refractivity (Wildman–Crippen MR) is 127 cm³/mol. The lowest BCUT2D eigenvalue weighted by Gasteiger charge is -2.23. The van der Waals surface area contributed by atoms with Gasteiger partial charge in [-0.1, -0.05) is 24.3 Å². The molecule has 0 spiro atoms. The number of anilines is 1. The quantitative estimate of drug-likeness (QED) is 0.550. The number of amides is 3. The van der Waals surface area contributed by atoms with Crippen LogP contribution in [0.25, 0.3) is 11.1 Å². The maximum Gasteiger partial charge on any atom is 0.414 e. The van der Waals surface area contributed by atoms with Gasteiger partial charge in [0.1, 0.15) is 17.5 Å². The molecular weight excluding hydrogens is 457 g/mol. The van der Waals surface area contributed by atoms with Crippen molar-refractivity contribution in [3.63, 3.8) is 0 Å². The predicted octanol–water partition coefficient (Wildman–Crippen LogP) is 3.51. The molecule has 1 saturated heterocycles. The molecule has 1 fully saturated rings. The average Bonchev–Trinajstić information content (AvgIpc) is 3.15. The maximum atomic E-state index is 15.0. The first-order valence-corrected chi connectivity index (χ1v) is 11.2. The topological polar surface area (TPSA) is 117 Å². The summed E-state index contributed by atoms with van der Waals surface area (Å²) in [7, 11) is 0. The number of benzene rings is 2. The van der Waals surface area contributed by atoms with Crippen LogP contribution in [-0.2, 0) is 14.3 Å². The Kier molecular flexibility index (Phi) is 7.96. The molecule has 3 rings (SSSR count). The van der Waals surface area contributed by atoms with E-state index in [2.05, 4.69) is 10.6 Å². The molecule has 0 aliphatic carbocycles. The molecule has 2 aromatic rings. The Balaban J connectivity index is 1.70. The number of carbonyl (C=O) groups excluding carboxylic acids is 3. The second-order valence-electron chi connectivity index (χ2n) is 9.22. The van der Waals surface area contributed by atoms with Crippen molar-refractivity contribution >= 4 is 23.8 Å². The maximum absolute atomic E-state index is 15.0. The number of cyclic esters (lactones) is 1. The van der Waals surface area contributed by atoms with E-state index in [1.807, 2.05) is 0 Å². The van der Waals surface area contributed by atoms with Crippen molar-refractivity contribution in [2.45, 2.75) is 45.4 Å². The van der Waals surface area contributed by atoms with Gasteiger partial charge in [0.15, 0.2) is 0 Å². The number of halogens is 1. The number of nitrogens with one attached hydrogen (secondary N) is 2. The van der Waals surface area contributed by atoms with Crippen LogP contribution in [0.4, 0.5) is 19.7 Å². The van der Waals surface area contributed by atoms with E-state index in [9.17, 15) is 23.9 Å². The highest BCUT2D eigenvalue weighted by molar-refractivity contribution is 5.90. The Bertz CT molecular complexity index is 1080. The largest absolute Gasteiger partial charge is 0.444 e. The van der Waals surface area contributed by atoms with Gasteiger partial charge in [0.2, 0.25) is 5.91 Å². The number of rotatable bonds is 7. The van der Waals surface area contributed by atoms with Gasteiger partial charge in [0.05, 0.1) is 31.4 Å². The third-order valence-electron chi connectivity index (χ3n) is 5.21. The highest BCUT2D eigenvalue weighted by Crippen LogP contribution is 2.30. The zero-order valence-electron chi connectivity index (χ0n) is 20.1. The third-order valence-corrected chi connectivity index (χ3v) is 5.21. The molecule has 3 N–H and O–H groups in total. The Morgan fingerprint density at radius 1 is 1.23 bits per heavy atom. The fraction of sp³-hybridized carbons (Fsp3) is 0.400. The third kappa shape index (κ3) is 6.92. The molecular formula is C25H30FN3O6. The molecule has 9 nitrogen and oxygen atoms in total. The normalized spacial score (nSPS) is 16.5. The van der Waals surface area contributed by atoms with Crippen LogP contribution in [0.5, 0.6) is 0 Å². The van der Waals surface area contributed by atoms with Gasteiger partial charge in [0.25, 0.3) is 0 Å². The van der Waals surface area contributed by atoms with E-state index >= 15 is 0 Å². The van der Waals surface area contributed by atoms with Gasteiger partial charge in [-0.15, -0.1) is 0 Å². The van der Waals surface area contributed by atoms with Crippen LogP contribution in [0.2, 0.25) is 0 Å². The van der Waals surface area contributed by atoms with Crippen LogP contribution in [0, 0.1) is 5.82 Å². The van der Waals surface area contributed by atoms with E-state index in [0.29, 0.717) is 22.4 Å². The van der Waals surface area contributed by atoms with E-state index in [-0.39, 0.29) is 25.6 Å². The molecule has 10 heteroatoms. The summed E-state index contributed by atoms with van der Waals surface area (Å²) in [5.74, 6) is -0.759. The van der Waals surface area contributed by atoms with Gasteiger partial charge in [0, 0.05) is 12.5 Å². The minimum absolute atomic E-state index is 0.183. The van der Waals surface area contributed by atoms with E-state index < -0.39 is 35.8 Å². The van der Waals surface area contributed by atoms with Crippen LogP contribution in [0.3, 0.4) is 0 Å². The first kappa shape index (κ1) is 26.0. The Labute approximate surface area is 203 Å². The van der Waals surface area contributed by atoms with Crippen molar-refractivity contribution in [1.29, 1.82) is 0 Å². The zero-order chi connectivity index (χ0) is 25.8. The fourth-order valence-electron chi connectivity index (χ4n) is 3.58. The summed E-state index contributed by atoms with van der Waals surface area (Å²) in [6, 6.07) is 10.5. The number of ether oxygens (including phenoxy) is 2. The van der Waals surface area contributed by atoms with Crippen molar-refractivity contribution in [3.05, 3.63) is 53.8 Å². The van der Waals surface area contributed by atoms with Gasteiger partial charge in [-0.25, -0.2) is 14.0 Å². The summed E-state index contributed by atoms with van der Waals surface area (Å²) < 4.78 is 25.4. The van der Waals surface area contributed by atoms with E-state index in [1.165, 1.54) is 17.9 Å². The summed E-state index contributed by atoms with van der Waals surface area (Å²) in [6.07, 6.45) is -1.78. The summed E-state index contributed by atoms with van der Waals surface area (Å²) in [4.78, 5) is 36.6. The van der Waals surface area contributed by atoms with E-state index in [1.54, 1.807) is 57.2 Å². The summed E-state index contributed by atoms with van der Waals surface area (Å²) >= 11 is 0. The van der Waals surface area contributed by atoms with Gasteiger partial charge in [-0.2, -0.15) is 0 Å². The Hall–Kier alpha value is -3.66. The first-order valence-electron chi connectivity index (χ1n) is 11.2. The highest BCUT2D eigenvalue weighted by Gasteiger charge is 2.32. The minimum Gasteiger partial charge on any atom is -0.444 e. The number of hydrogen-bond acceptors (Lipinski definition) is 6. The molecule has 2 unspecified atom stereocenters. The van der Waals surface area contributed by atoms with Crippen LogP contribution >= 0.6 is 0 Å². The van der Waals surface area contributed by atoms with Crippen LogP contribution in [-0.4, -0.2) is 54.6 Å². The van der Waals surface area contributed by atoms with Crippen molar-refractivity contribution in [2.75, 3.05) is 24.6 Å². The molecule has 0 aromatic heterocycles. The molecule has 1 aliphatic heterocycles. The molecule has 1 aliphatic rings. The van der Waals surface area contributed by atoms with Gasteiger partial charge in [-0.3, -0.25) is 9.69 Å². The molecule has 188 valence electrons. The van der Waals surface area contributed by atoms with Crippen molar-refractivity contribution in [3.8, 4) is 11.1 Å². The van der Waals surface area contributed by atoms with Crippen molar-refractivity contribution in [2.24, 2.45) is 0 Å². The standard InChI is InChI=1S/C25H30FN3O6/c1-15(31)27-12-19-13-29(24(33)34-19)18-9-10-20(21(26)11-18)16-5-7-17(8-6-16)22(14-30)28-23(32)35-25(2,3)4/h5-11,19,22,30H,12-14H2,1-4H3,(H,27,31)(H,28,32). The second-order valence-corrected chi connectivity index (χ2v) is 9.22. The lowest BCUT2D eigenvalue weighted by molar-refractivity contribution is -0.119. The Morgan fingerprint density at radius 3 is 2.49 bits per heavy atom. The number of hydrogen-bond donors (Lipinski definition) is 3. The average molecular weight is 488 g/mol. The molecule has 0 bridgehead atoms. The summed E-state index contributed by atoms with van der Waals surface area (Å²) in [5.41, 5.74) is 1.21.